The third kappa shape index (κ3) is 1750. The van der Waals surface area contributed by atoms with Crippen molar-refractivity contribution >= 4 is 79.2 Å². The van der Waals surface area contributed by atoms with Crippen molar-refractivity contribution in [2.24, 2.45) is 0 Å². The summed E-state index contributed by atoms with van der Waals surface area (Å²) in [7, 11) is 0. The standard InChI is InChI=1S/18CN.3Fe.4Ga/c18*1-2;;;;;;;/q18*-1;3*+6;;;;. The number of hydrogen-bond acceptors (Lipinski definition) is 18. The Bertz CT molecular complexity index is 381. The molecule has 0 saturated heterocycles. The molecule has 18 nitrogen and oxygen atoms in total. The summed E-state index contributed by atoms with van der Waals surface area (Å²) in [6.07, 6.45) is 0. The van der Waals surface area contributed by atoms with Crippen LogP contribution in [0.5, 0.6) is 0 Å². The topological polar surface area (TPSA) is 428 Å². The minimum atomic E-state index is 0. The van der Waals surface area contributed by atoms with Crippen molar-refractivity contribution in [3.05, 3.63) is 118 Å². The first-order valence-corrected chi connectivity index (χ1v) is 4.02. The van der Waals surface area contributed by atoms with Crippen LogP contribution in [-0.4, -0.2) is 79.2 Å². The van der Waals surface area contributed by atoms with Crippen molar-refractivity contribution in [3.8, 4) is 0 Å². The maximum Gasteiger partial charge on any atom is 6.00 e. The summed E-state index contributed by atoms with van der Waals surface area (Å²) in [5.74, 6) is 0. The fraction of sp³-hybridized carbons (Fsp3) is 0. The predicted octanol–water partition coefficient (Wildman–Crippen LogP) is 0.204. The van der Waals surface area contributed by atoms with E-state index in [1.54, 1.807) is 0 Å². The molecule has 198 valence electrons. The summed E-state index contributed by atoms with van der Waals surface area (Å²) in [4.78, 5) is 0. The monoisotopic (exact) mass is 912 g/mol. The molecule has 0 heterocycles. The van der Waals surface area contributed by atoms with Crippen LogP contribution in [-0.2, 0) is 51.2 Å². The molecule has 0 aromatic carbocycles. The summed E-state index contributed by atoms with van der Waals surface area (Å²) in [6, 6.07) is 0. The van der Waals surface area contributed by atoms with Gasteiger partial charge in [0.2, 0.25) is 0 Å². The van der Waals surface area contributed by atoms with Crippen LogP contribution in [0.2, 0.25) is 0 Å². The predicted molar refractivity (Wildman–Crippen MR) is 112 cm³/mol. The molecule has 0 aliphatic carbocycles. The zero-order valence-electron chi connectivity index (χ0n) is 20.4. The molecule has 25 heteroatoms. The van der Waals surface area contributed by atoms with Crippen LogP contribution in [0.1, 0.15) is 0 Å². The molecule has 0 aromatic rings. The van der Waals surface area contributed by atoms with Crippen LogP contribution in [0.4, 0.5) is 0 Å². The third-order valence-electron chi connectivity index (χ3n) is 0. The van der Waals surface area contributed by atoms with Crippen molar-refractivity contribution in [2.75, 3.05) is 0 Å². The van der Waals surface area contributed by atoms with Gasteiger partial charge in [0.05, 0.1) is 0 Å². The minimum absolute atomic E-state index is 0. The average Bonchev–Trinajstić information content (AvgIpc) is 3.13. The van der Waals surface area contributed by atoms with Crippen molar-refractivity contribution in [1.29, 1.82) is 94.7 Å². The van der Waals surface area contributed by atoms with Gasteiger partial charge in [0.15, 0.2) is 0 Å². The fourth-order valence-corrected chi connectivity index (χ4v) is 0. The Kier molecular flexibility index (Phi) is 13300. The second kappa shape index (κ2) is 1850. The van der Waals surface area contributed by atoms with Gasteiger partial charge in [-0.1, -0.05) is 0 Å². The molecular weight excluding hydrogens is 915 g/mol. The van der Waals surface area contributed by atoms with Gasteiger partial charge in [-0.25, -0.2) is 0 Å². The van der Waals surface area contributed by atoms with E-state index in [1.165, 1.54) is 0 Å². The molecule has 43 heavy (non-hydrogen) atoms. The van der Waals surface area contributed by atoms with E-state index in [-0.39, 0.29) is 130 Å². The SMILES string of the molecule is [C-]#N.[C-]#N.[C-]#N.[C-]#N.[C-]#N.[C-]#N.[C-]#N.[C-]#N.[C-]#N.[C-]#N.[C-]#N.[C-]#N.[C-]#N.[C-]#N.[C-]#N.[C-]#N.[C-]#N.[C-]#N.[Fe+6].[Fe+6].[Fe+6].[Ga].[Ga].[Ga].[Ga]. The van der Waals surface area contributed by atoms with Crippen molar-refractivity contribution in [3.63, 3.8) is 0 Å². The maximum absolute atomic E-state index is 6.25. The Morgan fingerprint density at radius 1 is 0.116 bits per heavy atom. The molecule has 0 atom stereocenters. The minimum Gasteiger partial charge on any atom is -0.512 e. The summed E-state index contributed by atoms with van der Waals surface area (Å²) in [5.41, 5.74) is 0. The normalized spacial score (nSPS) is 0.837. The summed E-state index contributed by atoms with van der Waals surface area (Å²) in [6.45, 7) is 85.5. The van der Waals surface area contributed by atoms with E-state index in [9.17, 15) is 0 Å². The Labute approximate surface area is 340 Å². The molecule has 0 saturated carbocycles. The van der Waals surface area contributed by atoms with Gasteiger partial charge in [-0.2, -0.15) is 0 Å². The number of nitrogens with zero attached hydrogens (tertiary/aromatic N) is 18. The van der Waals surface area contributed by atoms with Crippen molar-refractivity contribution in [1.82, 2.24) is 0 Å². The van der Waals surface area contributed by atoms with Gasteiger partial charge < -0.3 is 213 Å². The average molecular weight is 915 g/mol. The zero-order valence-corrected chi connectivity index (χ0v) is 33.4. The molecule has 0 aromatic heterocycles. The molecule has 0 N–H and O–H groups in total. The molecule has 0 aliphatic rings. The maximum atomic E-state index is 6.25. The van der Waals surface area contributed by atoms with Gasteiger partial charge in [-0.05, 0) is 0 Å². The van der Waals surface area contributed by atoms with Crippen LogP contribution < -0.4 is 0 Å². The number of hydrogen-bond donors (Lipinski definition) is 0. The van der Waals surface area contributed by atoms with Crippen LogP contribution >= 0.6 is 0 Å². The van der Waals surface area contributed by atoms with Gasteiger partial charge in [0.1, 0.15) is 0 Å². The summed E-state index contributed by atoms with van der Waals surface area (Å²) >= 11 is 0. The van der Waals surface area contributed by atoms with Gasteiger partial charge in [0, 0.05) is 79.2 Å². The Balaban J connectivity index is -0.00000000344. The van der Waals surface area contributed by atoms with E-state index in [2.05, 4.69) is 0 Å². The van der Waals surface area contributed by atoms with Crippen molar-refractivity contribution < 1.29 is 51.2 Å². The Hall–Kier alpha value is -5.08. The zero-order chi connectivity index (χ0) is 36.0. The van der Waals surface area contributed by atoms with E-state index < -0.39 is 0 Å². The van der Waals surface area contributed by atoms with Crippen LogP contribution in [0.15, 0.2) is 0 Å². The third-order valence-corrected chi connectivity index (χ3v) is 0. The second-order valence-corrected chi connectivity index (χ2v) is 0. The van der Waals surface area contributed by atoms with Crippen molar-refractivity contribution in [2.45, 2.75) is 0 Å². The van der Waals surface area contributed by atoms with E-state index in [1.807, 2.05) is 0 Å². The largest absolute Gasteiger partial charge is 6.00 e. The van der Waals surface area contributed by atoms with Crippen LogP contribution in [0, 0.1) is 213 Å². The molecular formula is C18Fe3Ga4N18. The molecule has 12 radical (unpaired) electrons. The van der Waals surface area contributed by atoms with E-state index in [0.29, 0.717) is 0 Å². The summed E-state index contributed by atoms with van der Waals surface area (Å²) < 4.78 is 0. The van der Waals surface area contributed by atoms with Crippen LogP contribution in [0.25, 0.3) is 0 Å². The molecule has 0 spiro atoms. The quantitative estimate of drug-likeness (QED) is 0.231. The molecule has 0 unspecified atom stereocenters. The summed E-state index contributed by atoms with van der Waals surface area (Å²) in [5, 5.41) is 112. The Morgan fingerprint density at radius 2 is 0.116 bits per heavy atom. The first-order valence-electron chi connectivity index (χ1n) is 4.02. The van der Waals surface area contributed by atoms with Gasteiger partial charge in [0.25, 0.3) is 0 Å². The number of rotatable bonds is 0. The first-order chi connectivity index (χ1) is 18.0. The van der Waals surface area contributed by atoms with Gasteiger partial charge in [-0.15, -0.1) is 0 Å². The van der Waals surface area contributed by atoms with Gasteiger partial charge >= 0.3 is 51.2 Å². The van der Waals surface area contributed by atoms with E-state index in [4.69, 9.17) is 213 Å². The smallest absolute Gasteiger partial charge is 0.512 e. The van der Waals surface area contributed by atoms with E-state index in [0.717, 1.165) is 0 Å². The molecule has 0 fully saturated rings. The second-order valence-electron chi connectivity index (χ2n) is 0. The Morgan fingerprint density at radius 3 is 0.116 bits per heavy atom. The van der Waals surface area contributed by atoms with Gasteiger partial charge in [-0.3, -0.25) is 0 Å². The first kappa shape index (κ1) is 310. The van der Waals surface area contributed by atoms with E-state index >= 15 is 0 Å². The fourth-order valence-electron chi connectivity index (χ4n) is 0. The molecule has 0 aliphatic heterocycles. The molecule has 0 bridgehead atoms. The van der Waals surface area contributed by atoms with Crippen LogP contribution in [0.3, 0.4) is 0 Å². The molecule has 0 amide bonds. The molecule has 0 rings (SSSR count).